The third kappa shape index (κ3) is 3.15. The number of hydrogen-bond acceptors (Lipinski definition) is 2. The normalized spacial score (nSPS) is 20.6. The van der Waals surface area contributed by atoms with Crippen LogP contribution in [0.15, 0.2) is 24.3 Å². The van der Waals surface area contributed by atoms with Crippen LogP contribution in [0.4, 0.5) is 0 Å². The van der Waals surface area contributed by atoms with E-state index in [0.29, 0.717) is 19.4 Å². The van der Waals surface area contributed by atoms with Crippen LogP contribution in [0.25, 0.3) is 0 Å². The fraction of sp³-hybridized carbons (Fsp3) is 0.429. The first-order valence-electron chi connectivity index (χ1n) is 6.20. The zero-order valence-corrected chi connectivity index (χ0v) is 12.3. The number of alkyl halides is 1. The number of carbonyl (C=O) groups excluding carboxylic acids is 1. The molecule has 19 heavy (non-hydrogen) atoms. The number of halogens is 1. The van der Waals surface area contributed by atoms with Crippen molar-refractivity contribution in [1.29, 1.82) is 0 Å². The first-order chi connectivity index (χ1) is 8.99. The van der Waals surface area contributed by atoms with Crippen LogP contribution in [0.5, 0.6) is 0 Å². The average molecular weight is 326 g/mol. The number of carboxylic acids is 1. The number of aliphatic carboxylic acids is 1. The van der Waals surface area contributed by atoms with Gasteiger partial charge in [-0.25, -0.2) is 4.79 Å². The van der Waals surface area contributed by atoms with Crippen LogP contribution in [0.3, 0.4) is 0 Å². The molecule has 0 radical (unpaired) electrons. The molecule has 1 aromatic rings. The highest BCUT2D eigenvalue weighted by Crippen LogP contribution is 2.23. The molecule has 1 N–H and O–H groups in total. The van der Waals surface area contributed by atoms with Gasteiger partial charge in [0.05, 0.1) is 0 Å². The Balaban J connectivity index is 2.20. The number of benzene rings is 1. The molecule has 1 heterocycles. The summed E-state index contributed by atoms with van der Waals surface area (Å²) in [6.45, 7) is 2.41. The molecule has 1 aliphatic rings. The fourth-order valence-electron chi connectivity index (χ4n) is 2.37. The van der Waals surface area contributed by atoms with Gasteiger partial charge in [0, 0.05) is 24.2 Å². The molecular weight excluding hydrogens is 310 g/mol. The molecule has 1 fully saturated rings. The van der Waals surface area contributed by atoms with Gasteiger partial charge in [-0.2, -0.15) is 0 Å². The average Bonchev–Trinajstić information content (AvgIpc) is 2.67. The molecule has 1 aliphatic heterocycles. The van der Waals surface area contributed by atoms with Crippen LogP contribution < -0.4 is 0 Å². The van der Waals surface area contributed by atoms with E-state index in [4.69, 9.17) is 0 Å². The Bertz CT molecular complexity index is 503. The SMILES string of the molecule is Cc1ccccc1C[C@@H](C(=O)O)N1CC(Br)CC1=O. The Morgan fingerprint density at radius 2 is 2.21 bits per heavy atom. The quantitative estimate of drug-likeness (QED) is 0.861. The summed E-state index contributed by atoms with van der Waals surface area (Å²) < 4.78 is 0. The third-order valence-corrected chi connectivity index (χ3v) is 4.06. The number of carbonyl (C=O) groups is 2. The number of aryl methyl sites for hydroxylation is 1. The second-order valence-corrected chi connectivity index (χ2v) is 6.13. The predicted molar refractivity (Wildman–Crippen MR) is 75.4 cm³/mol. The summed E-state index contributed by atoms with van der Waals surface area (Å²) in [7, 11) is 0. The van der Waals surface area contributed by atoms with Gasteiger partial charge in [0.15, 0.2) is 0 Å². The molecule has 0 saturated carbocycles. The standard InChI is InChI=1S/C14H16BrNO3/c1-9-4-2-3-5-10(9)6-12(14(18)19)16-8-11(15)7-13(16)17/h2-5,11-12H,6-8H2,1H3,(H,18,19)/t11?,12-/m0/s1. The topological polar surface area (TPSA) is 57.6 Å². The molecule has 4 nitrogen and oxygen atoms in total. The lowest BCUT2D eigenvalue weighted by molar-refractivity contribution is -0.148. The Labute approximate surface area is 120 Å². The van der Waals surface area contributed by atoms with Gasteiger partial charge in [0.2, 0.25) is 5.91 Å². The van der Waals surface area contributed by atoms with Gasteiger partial charge in [0.25, 0.3) is 0 Å². The highest BCUT2D eigenvalue weighted by atomic mass is 79.9. The summed E-state index contributed by atoms with van der Waals surface area (Å²) in [5.74, 6) is -1.04. The van der Waals surface area contributed by atoms with Crippen LogP contribution in [0.2, 0.25) is 0 Å². The van der Waals surface area contributed by atoms with Gasteiger partial charge in [-0.05, 0) is 18.1 Å². The van der Waals surface area contributed by atoms with Crippen molar-refractivity contribution in [2.24, 2.45) is 0 Å². The Morgan fingerprint density at radius 3 is 2.74 bits per heavy atom. The zero-order chi connectivity index (χ0) is 14.0. The first-order valence-corrected chi connectivity index (χ1v) is 7.11. The molecule has 1 saturated heterocycles. The smallest absolute Gasteiger partial charge is 0.326 e. The van der Waals surface area contributed by atoms with E-state index in [1.807, 2.05) is 31.2 Å². The van der Waals surface area contributed by atoms with Crippen molar-refractivity contribution in [2.75, 3.05) is 6.54 Å². The number of rotatable bonds is 4. The minimum Gasteiger partial charge on any atom is -0.480 e. The summed E-state index contributed by atoms with van der Waals surface area (Å²) in [6, 6.07) is 6.89. The third-order valence-electron chi connectivity index (χ3n) is 3.45. The van der Waals surface area contributed by atoms with Crippen molar-refractivity contribution in [1.82, 2.24) is 4.90 Å². The van der Waals surface area contributed by atoms with E-state index < -0.39 is 12.0 Å². The van der Waals surface area contributed by atoms with Crippen LogP contribution in [0.1, 0.15) is 17.5 Å². The number of nitrogens with zero attached hydrogens (tertiary/aromatic N) is 1. The maximum absolute atomic E-state index is 11.8. The molecule has 0 aliphatic carbocycles. The van der Waals surface area contributed by atoms with E-state index >= 15 is 0 Å². The van der Waals surface area contributed by atoms with Gasteiger partial charge in [-0.1, -0.05) is 40.2 Å². The van der Waals surface area contributed by atoms with Gasteiger partial charge in [0.1, 0.15) is 6.04 Å². The van der Waals surface area contributed by atoms with Crippen LogP contribution in [-0.2, 0) is 16.0 Å². The van der Waals surface area contributed by atoms with Crippen molar-refractivity contribution in [3.8, 4) is 0 Å². The van der Waals surface area contributed by atoms with Crippen molar-refractivity contribution >= 4 is 27.8 Å². The van der Waals surface area contributed by atoms with Crippen molar-refractivity contribution in [3.63, 3.8) is 0 Å². The summed E-state index contributed by atoms with van der Waals surface area (Å²) in [4.78, 5) is 24.8. The maximum Gasteiger partial charge on any atom is 0.326 e. The molecular formula is C14H16BrNO3. The van der Waals surface area contributed by atoms with E-state index in [1.54, 1.807) is 0 Å². The van der Waals surface area contributed by atoms with Crippen molar-refractivity contribution in [3.05, 3.63) is 35.4 Å². The van der Waals surface area contributed by atoms with E-state index in [1.165, 1.54) is 4.90 Å². The lowest BCUT2D eigenvalue weighted by atomic mass is 10.0. The molecule has 0 aromatic heterocycles. The number of likely N-dealkylation sites (tertiary alicyclic amines) is 1. The Kier molecular flexibility index (Phi) is 4.24. The lowest BCUT2D eigenvalue weighted by Crippen LogP contribution is -2.43. The summed E-state index contributed by atoms with van der Waals surface area (Å²) in [6.07, 6.45) is 0.727. The first kappa shape index (κ1) is 14.1. The largest absolute Gasteiger partial charge is 0.480 e. The molecule has 1 aromatic carbocycles. The molecule has 1 unspecified atom stereocenters. The maximum atomic E-state index is 11.8. The van der Waals surface area contributed by atoms with E-state index in [-0.39, 0.29) is 10.7 Å². The number of amides is 1. The summed E-state index contributed by atoms with van der Waals surface area (Å²) in [5, 5.41) is 9.38. The second kappa shape index (κ2) is 5.74. The van der Waals surface area contributed by atoms with Gasteiger partial charge in [-0.15, -0.1) is 0 Å². The Morgan fingerprint density at radius 1 is 1.53 bits per heavy atom. The van der Waals surface area contributed by atoms with Gasteiger partial charge < -0.3 is 10.0 Å². The van der Waals surface area contributed by atoms with Crippen LogP contribution >= 0.6 is 15.9 Å². The second-order valence-electron chi connectivity index (χ2n) is 4.83. The van der Waals surface area contributed by atoms with E-state index in [9.17, 15) is 14.7 Å². The fourth-order valence-corrected chi connectivity index (χ4v) is 2.95. The van der Waals surface area contributed by atoms with E-state index in [0.717, 1.165) is 11.1 Å². The molecule has 2 rings (SSSR count). The number of hydrogen-bond donors (Lipinski definition) is 1. The highest BCUT2D eigenvalue weighted by Gasteiger charge is 2.36. The van der Waals surface area contributed by atoms with E-state index in [2.05, 4.69) is 15.9 Å². The van der Waals surface area contributed by atoms with Crippen molar-refractivity contribution in [2.45, 2.75) is 30.6 Å². The zero-order valence-electron chi connectivity index (χ0n) is 10.7. The molecule has 1 amide bonds. The minimum absolute atomic E-state index is 0.0544. The lowest BCUT2D eigenvalue weighted by Gasteiger charge is -2.25. The monoisotopic (exact) mass is 325 g/mol. The minimum atomic E-state index is -0.946. The molecule has 5 heteroatoms. The predicted octanol–water partition coefficient (Wildman–Crippen LogP) is 1.99. The van der Waals surface area contributed by atoms with Crippen LogP contribution in [0, 0.1) is 6.92 Å². The molecule has 102 valence electrons. The van der Waals surface area contributed by atoms with Crippen molar-refractivity contribution < 1.29 is 14.7 Å². The van der Waals surface area contributed by atoms with Gasteiger partial charge in [-0.3, -0.25) is 4.79 Å². The molecule has 2 atom stereocenters. The summed E-state index contributed by atoms with van der Waals surface area (Å²) >= 11 is 3.38. The molecule has 0 spiro atoms. The molecule has 0 bridgehead atoms. The highest BCUT2D eigenvalue weighted by molar-refractivity contribution is 9.09. The summed E-state index contributed by atoms with van der Waals surface area (Å²) in [5.41, 5.74) is 2.02. The Hall–Kier alpha value is -1.36. The number of carboxylic acid groups (broad SMARTS) is 1. The van der Waals surface area contributed by atoms with Crippen LogP contribution in [-0.4, -0.2) is 39.3 Å². The van der Waals surface area contributed by atoms with Gasteiger partial charge >= 0.3 is 5.97 Å².